The lowest BCUT2D eigenvalue weighted by Gasteiger charge is -2.15. The molecule has 0 aliphatic carbocycles. The lowest BCUT2D eigenvalue weighted by Crippen LogP contribution is -2.20. The predicted octanol–water partition coefficient (Wildman–Crippen LogP) is 4.91. The maximum atomic E-state index is 13.1. The minimum absolute atomic E-state index is 0.0216. The van der Waals surface area contributed by atoms with Crippen molar-refractivity contribution in [2.45, 2.75) is 19.9 Å². The van der Waals surface area contributed by atoms with Gasteiger partial charge in [-0.3, -0.25) is 4.79 Å². The zero-order valence-corrected chi connectivity index (χ0v) is 18.1. The summed E-state index contributed by atoms with van der Waals surface area (Å²) in [5.74, 6) is 0.281. The van der Waals surface area contributed by atoms with Crippen molar-refractivity contribution >= 4 is 11.7 Å². The van der Waals surface area contributed by atoms with E-state index in [1.807, 2.05) is 54.9 Å². The molecule has 0 bridgehead atoms. The van der Waals surface area contributed by atoms with E-state index in [1.54, 1.807) is 31.7 Å². The highest BCUT2D eigenvalue weighted by Gasteiger charge is 2.14. The molecule has 0 aliphatic heterocycles. The van der Waals surface area contributed by atoms with Gasteiger partial charge in [0.1, 0.15) is 11.6 Å². The van der Waals surface area contributed by atoms with Gasteiger partial charge in [-0.2, -0.15) is 0 Å². The van der Waals surface area contributed by atoms with E-state index < -0.39 is 0 Å². The van der Waals surface area contributed by atoms with Gasteiger partial charge in [0.05, 0.1) is 23.3 Å². The second-order valence-corrected chi connectivity index (χ2v) is 7.58. The number of benzene rings is 2. The van der Waals surface area contributed by atoms with Crippen LogP contribution in [0, 0.1) is 12.7 Å². The summed E-state index contributed by atoms with van der Waals surface area (Å²) in [6.45, 7) is 3.90. The molecule has 0 saturated heterocycles. The van der Waals surface area contributed by atoms with Crippen molar-refractivity contribution in [2.75, 3.05) is 12.4 Å². The van der Waals surface area contributed by atoms with Gasteiger partial charge in [0.25, 0.3) is 5.91 Å². The van der Waals surface area contributed by atoms with Crippen LogP contribution in [0.4, 0.5) is 10.2 Å². The first-order valence-electron chi connectivity index (χ1n) is 10.3. The molecule has 7 heteroatoms. The third kappa shape index (κ3) is 4.51. The fourth-order valence-electron chi connectivity index (χ4n) is 3.52. The molecule has 162 valence electrons. The average Bonchev–Trinajstić information content (AvgIpc) is 3.25. The van der Waals surface area contributed by atoms with Gasteiger partial charge in [0.2, 0.25) is 0 Å². The number of rotatable bonds is 6. The zero-order chi connectivity index (χ0) is 22.7. The molecule has 4 aromatic rings. The summed E-state index contributed by atoms with van der Waals surface area (Å²) in [7, 11) is 1.61. The predicted molar refractivity (Wildman–Crippen MR) is 123 cm³/mol. The van der Waals surface area contributed by atoms with E-state index in [0.29, 0.717) is 11.4 Å². The number of pyridine rings is 1. The van der Waals surface area contributed by atoms with Crippen molar-refractivity contribution in [3.63, 3.8) is 0 Å². The van der Waals surface area contributed by atoms with Crippen molar-refractivity contribution < 1.29 is 9.18 Å². The molecule has 1 amide bonds. The van der Waals surface area contributed by atoms with E-state index in [9.17, 15) is 9.18 Å². The van der Waals surface area contributed by atoms with Crippen LogP contribution >= 0.6 is 0 Å². The van der Waals surface area contributed by atoms with Crippen LogP contribution in [0.25, 0.3) is 16.8 Å². The molecule has 0 spiro atoms. The van der Waals surface area contributed by atoms with Gasteiger partial charge >= 0.3 is 0 Å². The molecular formula is C25H24FN5O. The minimum atomic E-state index is -0.256. The van der Waals surface area contributed by atoms with Crippen molar-refractivity contribution in [1.82, 2.24) is 19.9 Å². The number of hydrogen-bond acceptors (Lipinski definition) is 4. The number of imidazole rings is 1. The van der Waals surface area contributed by atoms with E-state index in [4.69, 9.17) is 0 Å². The van der Waals surface area contributed by atoms with E-state index in [0.717, 1.165) is 28.1 Å². The zero-order valence-electron chi connectivity index (χ0n) is 18.1. The fourth-order valence-corrected chi connectivity index (χ4v) is 3.52. The monoisotopic (exact) mass is 429 g/mol. The molecular weight excluding hydrogens is 405 g/mol. The molecule has 2 N–H and O–H groups in total. The molecule has 6 nitrogen and oxygen atoms in total. The number of aromatic nitrogens is 3. The van der Waals surface area contributed by atoms with E-state index in [-0.39, 0.29) is 17.8 Å². The summed E-state index contributed by atoms with van der Waals surface area (Å²) in [4.78, 5) is 21.3. The topological polar surface area (TPSA) is 71.8 Å². The standard InChI is InChI=1S/C25H24FN5O/c1-16-14-31(15-29-16)23-10-6-19(12-22(23)25(32)27-3)20-7-11-24(28-13-20)30-17(2)18-4-8-21(26)9-5-18/h4-15,17H,1-3H3,(H,27,32)(H,28,30)/t17-/m0/s1. The molecule has 2 aromatic heterocycles. The molecule has 0 unspecified atom stereocenters. The summed E-state index contributed by atoms with van der Waals surface area (Å²) in [6, 6.07) is 16.0. The van der Waals surface area contributed by atoms with Crippen LogP contribution in [0.3, 0.4) is 0 Å². The molecule has 32 heavy (non-hydrogen) atoms. The van der Waals surface area contributed by atoms with Crippen LogP contribution in [0.5, 0.6) is 0 Å². The number of anilines is 1. The number of hydrogen-bond donors (Lipinski definition) is 2. The second-order valence-electron chi connectivity index (χ2n) is 7.58. The number of nitrogens with one attached hydrogen (secondary N) is 2. The summed E-state index contributed by atoms with van der Waals surface area (Å²) in [6.07, 6.45) is 5.34. The maximum Gasteiger partial charge on any atom is 0.253 e. The molecule has 0 aliphatic rings. The summed E-state index contributed by atoms with van der Waals surface area (Å²) in [5, 5.41) is 6.02. The van der Waals surface area contributed by atoms with Crippen molar-refractivity contribution in [1.29, 1.82) is 0 Å². The summed E-state index contributed by atoms with van der Waals surface area (Å²) >= 11 is 0. The highest BCUT2D eigenvalue weighted by molar-refractivity contribution is 5.99. The van der Waals surface area contributed by atoms with Crippen LogP contribution in [-0.2, 0) is 0 Å². The Balaban J connectivity index is 1.58. The first-order valence-corrected chi connectivity index (χ1v) is 10.3. The van der Waals surface area contributed by atoms with Crippen molar-refractivity contribution in [2.24, 2.45) is 0 Å². The molecule has 2 heterocycles. The number of halogens is 1. The van der Waals surface area contributed by atoms with Gasteiger partial charge in [-0.15, -0.1) is 0 Å². The molecule has 0 saturated carbocycles. The van der Waals surface area contributed by atoms with Crippen LogP contribution < -0.4 is 10.6 Å². The molecule has 0 fully saturated rings. The quantitative estimate of drug-likeness (QED) is 0.457. The summed E-state index contributed by atoms with van der Waals surface area (Å²) in [5.41, 5.74) is 4.93. The highest BCUT2D eigenvalue weighted by Crippen LogP contribution is 2.26. The molecule has 2 aromatic carbocycles. The lowest BCUT2D eigenvalue weighted by molar-refractivity contribution is 0.0963. The molecule has 4 rings (SSSR count). The van der Waals surface area contributed by atoms with Crippen LogP contribution in [0.15, 0.2) is 73.3 Å². The minimum Gasteiger partial charge on any atom is -0.364 e. The normalized spacial score (nSPS) is 11.8. The molecule has 1 atom stereocenters. The maximum absolute atomic E-state index is 13.1. The average molecular weight is 429 g/mol. The van der Waals surface area contributed by atoms with E-state index in [2.05, 4.69) is 20.6 Å². The van der Waals surface area contributed by atoms with Crippen LogP contribution in [-0.4, -0.2) is 27.5 Å². The van der Waals surface area contributed by atoms with Gasteiger partial charge in [-0.25, -0.2) is 14.4 Å². The SMILES string of the molecule is CNC(=O)c1cc(-c2ccc(N[C@@H](C)c3ccc(F)cc3)nc2)ccc1-n1cnc(C)c1. The lowest BCUT2D eigenvalue weighted by atomic mass is 10.0. The number of aryl methyl sites for hydroxylation is 1. The Kier molecular flexibility index (Phi) is 5.98. The third-order valence-electron chi connectivity index (χ3n) is 5.29. The van der Waals surface area contributed by atoms with Crippen LogP contribution in [0.1, 0.15) is 34.6 Å². The number of carbonyl (C=O) groups is 1. The Bertz CT molecular complexity index is 1230. The van der Waals surface area contributed by atoms with E-state index >= 15 is 0 Å². The van der Waals surface area contributed by atoms with Crippen LogP contribution in [0.2, 0.25) is 0 Å². The highest BCUT2D eigenvalue weighted by atomic mass is 19.1. The van der Waals surface area contributed by atoms with Gasteiger partial charge in [-0.05, 0) is 61.4 Å². The van der Waals surface area contributed by atoms with E-state index in [1.165, 1.54) is 12.1 Å². The number of carbonyl (C=O) groups excluding carboxylic acids is 1. The van der Waals surface area contributed by atoms with Crippen molar-refractivity contribution in [3.8, 4) is 16.8 Å². The van der Waals surface area contributed by atoms with Crippen molar-refractivity contribution in [3.05, 3.63) is 96.0 Å². The largest absolute Gasteiger partial charge is 0.364 e. The van der Waals surface area contributed by atoms with Gasteiger partial charge in [0.15, 0.2) is 0 Å². The Morgan fingerprint density at radius 3 is 2.41 bits per heavy atom. The third-order valence-corrected chi connectivity index (χ3v) is 5.29. The Labute approximate surface area is 186 Å². The van der Waals surface area contributed by atoms with Gasteiger partial charge < -0.3 is 15.2 Å². The smallest absolute Gasteiger partial charge is 0.253 e. The van der Waals surface area contributed by atoms with Gasteiger partial charge in [-0.1, -0.05) is 18.2 Å². The first-order chi connectivity index (χ1) is 15.4. The fraction of sp³-hybridized carbons (Fsp3) is 0.160. The Hall–Kier alpha value is -4.00. The molecule has 0 radical (unpaired) electrons. The van der Waals surface area contributed by atoms with Gasteiger partial charge in [0, 0.05) is 31.0 Å². The second kappa shape index (κ2) is 9.01. The Morgan fingerprint density at radius 2 is 1.78 bits per heavy atom. The Morgan fingerprint density at radius 1 is 1.03 bits per heavy atom. The number of nitrogens with zero attached hydrogens (tertiary/aromatic N) is 3. The summed E-state index contributed by atoms with van der Waals surface area (Å²) < 4.78 is 15.0. The number of amides is 1. The first kappa shape index (κ1) is 21.2.